The van der Waals surface area contributed by atoms with Crippen LogP contribution in [0.4, 0.5) is 11.4 Å². The van der Waals surface area contributed by atoms with Gasteiger partial charge in [-0.05, 0) is 42.7 Å². The van der Waals surface area contributed by atoms with Crippen molar-refractivity contribution in [1.82, 2.24) is 4.98 Å². The number of pyridine rings is 1. The zero-order valence-electron chi connectivity index (χ0n) is 12.7. The maximum atomic E-state index is 12.2. The molecule has 110 valence electrons. The molecule has 0 aliphatic carbocycles. The lowest BCUT2D eigenvalue weighted by molar-refractivity contribution is 0.102. The summed E-state index contributed by atoms with van der Waals surface area (Å²) in [7, 11) is 0. The fourth-order valence-corrected chi connectivity index (χ4v) is 1.90. The topological polar surface area (TPSA) is 54.0 Å². The van der Waals surface area contributed by atoms with E-state index in [2.05, 4.69) is 29.5 Å². The number of rotatable bonds is 5. The van der Waals surface area contributed by atoms with Crippen LogP contribution in [-0.2, 0) is 0 Å². The molecule has 1 aromatic carbocycles. The lowest BCUT2D eigenvalue weighted by atomic mass is 10.2. The molecule has 2 rings (SSSR count). The number of nitrogens with one attached hydrogen (secondary N) is 2. The van der Waals surface area contributed by atoms with Crippen molar-refractivity contribution < 1.29 is 4.79 Å². The number of carbonyl (C=O) groups is 1. The molecule has 4 nitrogen and oxygen atoms in total. The normalized spacial score (nSPS) is 10.5. The molecular weight excluding hydrogens is 262 g/mol. The van der Waals surface area contributed by atoms with Crippen LogP contribution >= 0.6 is 0 Å². The molecule has 0 unspecified atom stereocenters. The molecule has 0 aliphatic rings. The van der Waals surface area contributed by atoms with Gasteiger partial charge in [0.05, 0.1) is 0 Å². The lowest BCUT2D eigenvalue weighted by Crippen LogP contribution is -2.15. The minimum absolute atomic E-state index is 0.200. The SMILES string of the molecule is Cc1cccc(NC(=O)c2cc(NCC(C)C)ccn2)c1. The monoisotopic (exact) mass is 283 g/mol. The van der Waals surface area contributed by atoms with Crippen LogP contribution in [0.3, 0.4) is 0 Å². The molecular formula is C17H21N3O. The minimum Gasteiger partial charge on any atom is -0.385 e. The zero-order valence-corrected chi connectivity index (χ0v) is 12.7. The molecule has 0 aliphatic heterocycles. The van der Waals surface area contributed by atoms with Crippen LogP contribution in [0, 0.1) is 12.8 Å². The molecule has 0 bridgehead atoms. The molecule has 1 amide bonds. The summed E-state index contributed by atoms with van der Waals surface area (Å²) in [6.07, 6.45) is 1.65. The van der Waals surface area contributed by atoms with Crippen molar-refractivity contribution in [2.75, 3.05) is 17.2 Å². The predicted molar refractivity (Wildman–Crippen MR) is 86.7 cm³/mol. The quantitative estimate of drug-likeness (QED) is 0.879. The molecule has 0 spiro atoms. The van der Waals surface area contributed by atoms with E-state index in [-0.39, 0.29) is 5.91 Å². The number of benzene rings is 1. The maximum absolute atomic E-state index is 12.2. The fraction of sp³-hybridized carbons (Fsp3) is 0.294. The number of hydrogen-bond acceptors (Lipinski definition) is 3. The van der Waals surface area contributed by atoms with E-state index in [1.807, 2.05) is 37.3 Å². The van der Waals surface area contributed by atoms with Gasteiger partial charge in [0.25, 0.3) is 5.91 Å². The highest BCUT2D eigenvalue weighted by Gasteiger charge is 2.08. The Morgan fingerprint density at radius 2 is 2.00 bits per heavy atom. The second kappa shape index (κ2) is 6.88. The van der Waals surface area contributed by atoms with Crippen LogP contribution in [-0.4, -0.2) is 17.4 Å². The molecule has 2 N–H and O–H groups in total. The van der Waals surface area contributed by atoms with E-state index in [0.29, 0.717) is 11.6 Å². The third-order valence-corrected chi connectivity index (χ3v) is 2.98. The van der Waals surface area contributed by atoms with Gasteiger partial charge in [-0.25, -0.2) is 0 Å². The summed E-state index contributed by atoms with van der Waals surface area (Å²) >= 11 is 0. The molecule has 2 aromatic rings. The molecule has 21 heavy (non-hydrogen) atoms. The summed E-state index contributed by atoms with van der Waals surface area (Å²) in [5.41, 5.74) is 3.20. The van der Waals surface area contributed by atoms with Gasteiger partial charge in [-0.3, -0.25) is 9.78 Å². The van der Waals surface area contributed by atoms with Gasteiger partial charge in [-0.1, -0.05) is 26.0 Å². The number of aryl methyl sites for hydroxylation is 1. The molecule has 0 saturated heterocycles. The van der Waals surface area contributed by atoms with E-state index in [1.54, 1.807) is 12.3 Å². The van der Waals surface area contributed by atoms with Gasteiger partial charge >= 0.3 is 0 Å². The van der Waals surface area contributed by atoms with Crippen molar-refractivity contribution in [3.8, 4) is 0 Å². The summed E-state index contributed by atoms with van der Waals surface area (Å²) in [5, 5.41) is 6.15. The van der Waals surface area contributed by atoms with Crippen LogP contribution in [0.25, 0.3) is 0 Å². The Balaban J connectivity index is 2.07. The number of nitrogens with zero attached hydrogens (tertiary/aromatic N) is 1. The van der Waals surface area contributed by atoms with Crippen LogP contribution in [0.5, 0.6) is 0 Å². The number of hydrogen-bond donors (Lipinski definition) is 2. The van der Waals surface area contributed by atoms with E-state index in [1.165, 1.54) is 0 Å². The van der Waals surface area contributed by atoms with Crippen LogP contribution in [0.15, 0.2) is 42.6 Å². The molecule has 1 heterocycles. The first-order valence-corrected chi connectivity index (χ1v) is 7.12. The van der Waals surface area contributed by atoms with Gasteiger partial charge in [-0.2, -0.15) is 0 Å². The first-order chi connectivity index (χ1) is 10.0. The van der Waals surface area contributed by atoms with Gasteiger partial charge < -0.3 is 10.6 Å². The van der Waals surface area contributed by atoms with E-state index < -0.39 is 0 Å². The molecule has 0 radical (unpaired) electrons. The largest absolute Gasteiger partial charge is 0.385 e. The second-order valence-corrected chi connectivity index (χ2v) is 5.53. The van der Waals surface area contributed by atoms with Gasteiger partial charge in [-0.15, -0.1) is 0 Å². The molecule has 4 heteroatoms. The number of aromatic nitrogens is 1. The third kappa shape index (κ3) is 4.60. The average molecular weight is 283 g/mol. The molecule has 1 aromatic heterocycles. The maximum Gasteiger partial charge on any atom is 0.274 e. The van der Waals surface area contributed by atoms with Gasteiger partial charge in [0.1, 0.15) is 5.69 Å². The Bertz CT molecular complexity index is 623. The number of anilines is 2. The smallest absolute Gasteiger partial charge is 0.274 e. The Kier molecular flexibility index (Phi) is 4.93. The first-order valence-electron chi connectivity index (χ1n) is 7.12. The summed E-state index contributed by atoms with van der Waals surface area (Å²) in [4.78, 5) is 16.3. The Morgan fingerprint density at radius 3 is 2.71 bits per heavy atom. The van der Waals surface area contributed by atoms with E-state index in [9.17, 15) is 4.79 Å². The number of carbonyl (C=O) groups excluding carboxylic acids is 1. The van der Waals surface area contributed by atoms with Crippen molar-refractivity contribution >= 4 is 17.3 Å². The number of amides is 1. The van der Waals surface area contributed by atoms with Crippen LogP contribution in [0.2, 0.25) is 0 Å². The van der Waals surface area contributed by atoms with Gasteiger partial charge in [0.2, 0.25) is 0 Å². The summed E-state index contributed by atoms with van der Waals surface area (Å²) in [6.45, 7) is 7.13. The fourth-order valence-electron chi connectivity index (χ4n) is 1.90. The van der Waals surface area contributed by atoms with Crippen molar-refractivity contribution in [2.24, 2.45) is 5.92 Å². The van der Waals surface area contributed by atoms with Crippen molar-refractivity contribution in [3.63, 3.8) is 0 Å². The van der Waals surface area contributed by atoms with Crippen LogP contribution in [0.1, 0.15) is 29.9 Å². The highest BCUT2D eigenvalue weighted by atomic mass is 16.1. The van der Waals surface area contributed by atoms with Crippen LogP contribution < -0.4 is 10.6 Å². The highest BCUT2D eigenvalue weighted by molar-refractivity contribution is 6.03. The van der Waals surface area contributed by atoms with E-state index in [0.717, 1.165) is 23.5 Å². The zero-order chi connectivity index (χ0) is 15.2. The lowest BCUT2D eigenvalue weighted by Gasteiger charge is -2.10. The minimum atomic E-state index is -0.200. The summed E-state index contributed by atoms with van der Waals surface area (Å²) < 4.78 is 0. The first kappa shape index (κ1) is 15.0. The van der Waals surface area contributed by atoms with Crippen molar-refractivity contribution in [3.05, 3.63) is 53.9 Å². The summed E-state index contributed by atoms with van der Waals surface area (Å²) in [5.74, 6) is 0.344. The van der Waals surface area contributed by atoms with E-state index in [4.69, 9.17) is 0 Å². The van der Waals surface area contributed by atoms with Crippen molar-refractivity contribution in [1.29, 1.82) is 0 Å². The second-order valence-electron chi connectivity index (χ2n) is 5.53. The highest BCUT2D eigenvalue weighted by Crippen LogP contribution is 2.13. The predicted octanol–water partition coefficient (Wildman–Crippen LogP) is 3.71. The van der Waals surface area contributed by atoms with Gasteiger partial charge in [0.15, 0.2) is 0 Å². The standard InChI is InChI=1S/C17H21N3O/c1-12(2)11-19-14-7-8-18-16(10-14)17(21)20-15-6-4-5-13(3)9-15/h4-10,12H,11H2,1-3H3,(H,18,19)(H,20,21). The average Bonchev–Trinajstić information content (AvgIpc) is 2.45. The third-order valence-electron chi connectivity index (χ3n) is 2.98. The Morgan fingerprint density at radius 1 is 1.19 bits per heavy atom. The van der Waals surface area contributed by atoms with Crippen molar-refractivity contribution in [2.45, 2.75) is 20.8 Å². The summed E-state index contributed by atoms with van der Waals surface area (Å²) in [6, 6.07) is 11.3. The Hall–Kier alpha value is -2.36. The molecule has 0 fully saturated rings. The molecule has 0 saturated carbocycles. The van der Waals surface area contributed by atoms with E-state index >= 15 is 0 Å². The Labute approximate surface area is 125 Å². The molecule has 0 atom stereocenters. The van der Waals surface area contributed by atoms with Gasteiger partial charge in [0, 0.05) is 24.1 Å².